The summed E-state index contributed by atoms with van der Waals surface area (Å²) in [4.78, 5) is 12.9. The van der Waals surface area contributed by atoms with Gasteiger partial charge >= 0.3 is 0 Å². The van der Waals surface area contributed by atoms with Crippen molar-refractivity contribution in [3.63, 3.8) is 0 Å². The van der Waals surface area contributed by atoms with Gasteiger partial charge in [0, 0.05) is 6.54 Å². The van der Waals surface area contributed by atoms with E-state index in [9.17, 15) is 4.79 Å². The maximum Gasteiger partial charge on any atom is 0.234 e. The quantitative estimate of drug-likeness (QED) is 0.717. The van der Waals surface area contributed by atoms with Crippen LogP contribution in [0.1, 0.15) is 12.0 Å². The van der Waals surface area contributed by atoms with Crippen molar-refractivity contribution in [1.82, 2.24) is 4.90 Å². The van der Waals surface area contributed by atoms with E-state index in [-0.39, 0.29) is 0 Å². The van der Waals surface area contributed by atoms with Gasteiger partial charge in [-0.2, -0.15) is 0 Å². The molecule has 4 heteroatoms. The summed E-state index contributed by atoms with van der Waals surface area (Å²) in [6.07, 6.45) is 1.61. The summed E-state index contributed by atoms with van der Waals surface area (Å²) in [5.74, 6) is -0.429. The van der Waals surface area contributed by atoms with Crippen LogP contribution >= 0.6 is 0 Å². The molecule has 0 aliphatic heterocycles. The number of primary amides is 1. The molecule has 0 saturated carbocycles. The maximum atomic E-state index is 10.8. The van der Waals surface area contributed by atoms with Crippen LogP contribution in [0.25, 0.3) is 0 Å². The highest BCUT2D eigenvalue weighted by Gasteiger charge is 2.09. The van der Waals surface area contributed by atoms with Gasteiger partial charge in [-0.25, -0.2) is 0 Å². The average molecular weight is 235 g/mol. The number of hydrogen-bond acceptors (Lipinski definition) is 3. The Labute approximate surface area is 103 Å². The second-order valence-electron chi connectivity index (χ2n) is 4.34. The lowest BCUT2D eigenvalue weighted by Gasteiger charge is -2.18. The fourth-order valence-corrected chi connectivity index (χ4v) is 1.58. The van der Waals surface area contributed by atoms with Gasteiger partial charge in [-0.1, -0.05) is 30.3 Å². The molecule has 4 N–H and O–H groups in total. The van der Waals surface area contributed by atoms with Gasteiger partial charge in [-0.15, -0.1) is 0 Å². The Hall–Kier alpha value is -1.39. The molecule has 1 aromatic rings. The molecule has 0 aliphatic carbocycles. The number of carbonyl (C=O) groups is 1. The van der Waals surface area contributed by atoms with Crippen molar-refractivity contribution in [2.45, 2.75) is 18.9 Å². The van der Waals surface area contributed by atoms with E-state index in [4.69, 9.17) is 11.5 Å². The van der Waals surface area contributed by atoms with Crippen molar-refractivity contribution in [1.29, 1.82) is 0 Å². The third kappa shape index (κ3) is 5.47. The van der Waals surface area contributed by atoms with Crippen molar-refractivity contribution in [2.75, 3.05) is 20.1 Å². The largest absolute Gasteiger partial charge is 0.368 e. The Morgan fingerprint density at radius 2 is 1.94 bits per heavy atom. The first kappa shape index (κ1) is 13.7. The van der Waals surface area contributed by atoms with E-state index >= 15 is 0 Å². The Morgan fingerprint density at radius 3 is 2.53 bits per heavy atom. The van der Waals surface area contributed by atoms with E-state index < -0.39 is 11.9 Å². The molecule has 1 atom stereocenters. The first-order valence-electron chi connectivity index (χ1n) is 5.87. The summed E-state index contributed by atoms with van der Waals surface area (Å²) in [6.45, 7) is 1.74. The van der Waals surface area contributed by atoms with Crippen molar-refractivity contribution in [3.8, 4) is 0 Å². The lowest BCUT2D eigenvalue weighted by atomic mass is 10.1. The molecule has 4 nitrogen and oxygen atoms in total. The van der Waals surface area contributed by atoms with Crippen molar-refractivity contribution in [3.05, 3.63) is 35.9 Å². The highest BCUT2D eigenvalue weighted by molar-refractivity contribution is 5.79. The van der Waals surface area contributed by atoms with E-state index in [1.54, 1.807) is 0 Å². The number of nitrogens with two attached hydrogens (primary N) is 2. The number of hydrogen-bond donors (Lipinski definition) is 2. The standard InChI is InChI=1S/C13H21N3O/c1-16(10-8-12(14)13(15)17)9-7-11-5-3-2-4-6-11/h2-6,12H,7-10,14H2,1H3,(H2,15,17). The summed E-state index contributed by atoms with van der Waals surface area (Å²) >= 11 is 0. The molecule has 1 unspecified atom stereocenters. The van der Waals surface area contributed by atoms with E-state index in [1.165, 1.54) is 5.56 Å². The Morgan fingerprint density at radius 1 is 1.29 bits per heavy atom. The van der Waals surface area contributed by atoms with Gasteiger partial charge in [0.1, 0.15) is 0 Å². The number of amides is 1. The molecule has 0 bridgehead atoms. The number of likely N-dealkylation sites (N-methyl/N-ethyl adjacent to an activating group) is 1. The number of carbonyl (C=O) groups excluding carboxylic acids is 1. The average Bonchev–Trinajstić information content (AvgIpc) is 2.34. The highest BCUT2D eigenvalue weighted by atomic mass is 16.1. The van der Waals surface area contributed by atoms with Gasteiger partial charge in [0.15, 0.2) is 0 Å². The Bertz CT molecular complexity index is 340. The minimum absolute atomic E-state index is 0.429. The highest BCUT2D eigenvalue weighted by Crippen LogP contribution is 2.01. The monoisotopic (exact) mass is 235 g/mol. The smallest absolute Gasteiger partial charge is 0.234 e. The van der Waals surface area contributed by atoms with Crippen molar-refractivity contribution in [2.24, 2.45) is 11.5 Å². The normalized spacial score (nSPS) is 12.6. The van der Waals surface area contributed by atoms with Gasteiger partial charge in [-0.3, -0.25) is 4.79 Å². The van der Waals surface area contributed by atoms with Crippen LogP contribution in [0.2, 0.25) is 0 Å². The summed E-state index contributed by atoms with van der Waals surface area (Å²) in [5, 5.41) is 0. The minimum atomic E-state index is -0.533. The molecule has 0 aromatic heterocycles. The molecule has 0 saturated heterocycles. The van der Waals surface area contributed by atoms with Crippen LogP contribution in [0.4, 0.5) is 0 Å². The van der Waals surface area contributed by atoms with Crippen molar-refractivity contribution < 1.29 is 4.79 Å². The van der Waals surface area contributed by atoms with Crippen molar-refractivity contribution >= 4 is 5.91 Å². The molecule has 0 heterocycles. The number of nitrogens with zero attached hydrogens (tertiary/aromatic N) is 1. The first-order valence-corrected chi connectivity index (χ1v) is 5.87. The van der Waals surface area contributed by atoms with Gasteiger partial charge in [0.2, 0.25) is 5.91 Å². The summed E-state index contributed by atoms with van der Waals surface area (Å²) in [6, 6.07) is 9.79. The molecular formula is C13H21N3O. The second-order valence-corrected chi connectivity index (χ2v) is 4.34. The fourth-order valence-electron chi connectivity index (χ4n) is 1.58. The number of benzene rings is 1. The minimum Gasteiger partial charge on any atom is -0.368 e. The third-order valence-electron chi connectivity index (χ3n) is 2.81. The first-order chi connectivity index (χ1) is 8.09. The van der Waals surface area contributed by atoms with E-state index in [0.717, 1.165) is 19.5 Å². The van der Waals surface area contributed by atoms with Crippen LogP contribution in [0, 0.1) is 0 Å². The molecule has 1 amide bonds. The summed E-state index contributed by atoms with van der Waals surface area (Å²) in [7, 11) is 2.02. The van der Waals surface area contributed by atoms with Crippen LogP contribution in [0.3, 0.4) is 0 Å². The predicted molar refractivity (Wildman–Crippen MR) is 69.4 cm³/mol. The van der Waals surface area contributed by atoms with Crippen LogP contribution < -0.4 is 11.5 Å². The number of rotatable bonds is 7. The van der Waals surface area contributed by atoms with Gasteiger partial charge in [-0.05, 0) is 32.0 Å². The predicted octanol–water partition coefficient (Wildman–Crippen LogP) is 0.364. The molecular weight excluding hydrogens is 214 g/mol. The Kier molecular flexibility index (Phi) is 5.66. The zero-order valence-electron chi connectivity index (χ0n) is 10.3. The topological polar surface area (TPSA) is 72.3 Å². The van der Waals surface area contributed by atoms with E-state index in [1.807, 2.05) is 25.2 Å². The zero-order chi connectivity index (χ0) is 12.7. The van der Waals surface area contributed by atoms with Crippen LogP contribution in [0.15, 0.2) is 30.3 Å². The second kappa shape index (κ2) is 7.04. The molecule has 0 radical (unpaired) electrons. The SMILES string of the molecule is CN(CCc1ccccc1)CCC(N)C(N)=O. The summed E-state index contributed by atoms with van der Waals surface area (Å²) < 4.78 is 0. The van der Waals surface area contributed by atoms with Gasteiger partial charge in [0.25, 0.3) is 0 Å². The molecule has 1 aromatic carbocycles. The van der Waals surface area contributed by atoms with Crippen LogP contribution in [0.5, 0.6) is 0 Å². The molecule has 94 valence electrons. The lowest BCUT2D eigenvalue weighted by Crippen LogP contribution is -2.39. The molecule has 0 fully saturated rings. The third-order valence-corrected chi connectivity index (χ3v) is 2.81. The van der Waals surface area contributed by atoms with Crippen LogP contribution in [-0.2, 0) is 11.2 Å². The molecule has 17 heavy (non-hydrogen) atoms. The zero-order valence-corrected chi connectivity index (χ0v) is 10.3. The molecule has 0 spiro atoms. The van der Waals surface area contributed by atoms with E-state index in [0.29, 0.717) is 6.42 Å². The van der Waals surface area contributed by atoms with Crippen LogP contribution in [-0.4, -0.2) is 37.0 Å². The Balaban J connectivity index is 2.22. The summed E-state index contributed by atoms with van der Waals surface area (Å²) in [5.41, 5.74) is 12.0. The van der Waals surface area contributed by atoms with Gasteiger partial charge < -0.3 is 16.4 Å². The fraction of sp³-hybridized carbons (Fsp3) is 0.462. The van der Waals surface area contributed by atoms with E-state index in [2.05, 4.69) is 17.0 Å². The lowest BCUT2D eigenvalue weighted by molar-refractivity contribution is -0.119. The molecule has 0 aliphatic rings. The maximum absolute atomic E-state index is 10.8. The van der Waals surface area contributed by atoms with Gasteiger partial charge in [0.05, 0.1) is 6.04 Å². The molecule has 1 rings (SSSR count).